The lowest BCUT2D eigenvalue weighted by Crippen LogP contribution is -2.30. The van der Waals surface area contributed by atoms with E-state index in [1.54, 1.807) is 14.0 Å². The number of hydrogen-bond donors (Lipinski definition) is 1. The van der Waals surface area contributed by atoms with Crippen molar-refractivity contribution >= 4 is 22.8 Å². The summed E-state index contributed by atoms with van der Waals surface area (Å²) in [5.41, 5.74) is 1.82. The Kier molecular flexibility index (Phi) is 5.93. The van der Waals surface area contributed by atoms with Gasteiger partial charge in [0.15, 0.2) is 6.61 Å². The van der Waals surface area contributed by atoms with Gasteiger partial charge >= 0.3 is 5.97 Å². The fraction of sp³-hybridized carbons (Fsp3) is 0.238. The number of fused-ring (bicyclic) bond motifs is 1. The molecule has 0 unspecified atom stereocenters. The van der Waals surface area contributed by atoms with Crippen molar-refractivity contribution in [3.05, 3.63) is 65.2 Å². The van der Waals surface area contributed by atoms with E-state index in [0.717, 1.165) is 11.3 Å². The van der Waals surface area contributed by atoms with Crippen LogP contribution in [0.25, 0.3) is 11.0 Å². The third-order valence-electron chi connectivity index (χ3n) is 4.33. The van der Waals surface area contributed by atoms with Gasteiger partial charge < -0.3 is 19.2 Å². The van der Waals surface area contributed by atoms with Crippen molar-refractivity contribution < 1.29 is 27.9 Å². The summed E-state index contributed by atoms with van der Waals surface area (Å²) in [4.78, 5) is 24.1. The van der Waals surface area contributed by atoms with Gasteiger partial charge in [0, 0.05) is 17.5 Å². The number of ether oxygens (including phenoxy) is 2. The summed E-state index contributed by atoms with van der Waals surface area (Å²) in [6.45, 7) is 1.57. The standard InChI is InChI=1S/C21H20FNO5/c1-13-16-11-15(22)7-8-18(16)28-20(13)21(25)27-12-19(24)23-10-9-14-5-3-4-6-17(14)26-2/h3-8,11H,9-10,12H2,1-2H3,(H,23,24). The average Bonchev–Trinajstić information content (AvgIpc) is 3.02. The molecule has 0 radical (unpaired) electrons. The number of furan rings is 1. The molecular formula is C21H20FNO5. The van der Waals surface area contributed by atoms with Gasteiger partial charge in [0.25, 0.3) is 5.91 Å². The van der Waals surface area contributed by atoms with Crippen molar-refractivity contribution in [2.24, 2.45) is 0 Å². The second-order valence-electron chi connectivity index (χ2n) is 6.18. The molecule has 1 amide bonds. The third-order valence-corrected chi connectivity index (χ3v) is 4.33. The molecule has 28 heavy (non-hydrogen) atoms. The van der Waals surface area contributed by atoms with Crippen LogP contribution in [0.4, 0.5) is 4.39 Å². The average molecular weight is 385 g/mol. The first kappa shape index (κ1) is 19.4. The summed E-state index contributed by atoms with van der Waals surface area (Å²) < 4.78 is 29.0. The molecule has 0 aliphatic heterocycles. The Labute approximate surface area is 161 Å². The normalized spacial score (nSPS) is 10.7. The van der Waals surface area contributed by atoms with E-state index in [1.807, 2.05) is 24.3 Å². The van der Waals surface area contributed by atoms with E-state index in [1.165, 1.54) is 18.2 Å². The van der Waals surface area contributed by atoms with Crippen LogP contribution in [-0.4, -0.2) is 32.1 Å². The zero-order chi connectivity index (χ0) is 20.1. The second-order valence-corrected chi connectivity index (χ2v) is 6.18. The maximum absolute atomic E-state index is 13.4. The fourth-order valence-electron chi connectivity index (χ4n) is 2.88. The number of nitrogens with one attached hydrogen (secondary N) is 1. The zero-order valence-corrected chi connectivity index (χ0v) is 15.6. The summed E-state index contributed by atoms with van der Waals surface area (Å²) in [6, 6.07) is 11.5. The van der Waals surface area contributed by atoms with Crippen LogP contribution in [0.2, 0.25) is 0 Å². The molecule has 1 N–H and O–H groups in total. The Hall–Kier alpha value is -3.35. The molecule has 0 aliphatic carbocycles. The van der Waals surface area contributed by atoms with E-state index in [-0.39, 0.29) is 5.76 Å². The molecular weight excluding hydrogens is 365 g/mol. The highest BCUT2D eigenvalue weighted by atomic mass is 19.1. The van der Waals surface area contributed by atoms with Gasteiger partial charge in [0.05, 0.1) is 7.11 Å². The largest absolute Gasteiger partial charge is 0.496 e. The molecule has 1 heterocycles. The van der Waals surface area contributed by atoms with Crippen LogP contribution in [0.1, 0.15) is 21.7 Å². The van der Waals surface area contributed by atoms with Crippen LogP contribution in [0.3, 0.4) is 0 Å². The van der Waals surface area contributed by atoms with Gasteiger partial charge in [-0.25, -0.2) is 9.18 Å². The van der Waals surface area contributed by atoms with E-state index in [4.69, 9.17) is 13.9 Å². The van der Waals surface area contributed by atoms with Crippen LogP contribution < -0.4 is 10.1 Å². The van der Waals surface area contributed by atoms with E-state index < -0.39 is 24.3 Å². The minimum absolute atomic E-state index is 0.0394. The molecule has 2 aromatic carbocycles. The van der Waals surface area contributed by atoms with Crippen molar-refractivity contribution in [2.75, 3.05) is 20.3 Å². The first-order chi connectivity index (χ1) is 13.5. The molecule has 0 fully saturated rings. The maximum Gasteiger partial charge on any atom is 0.375 e. The Morgan fingerprint density at radius 2 is 1.96 bits per heavy atom. The van der Waals surface area contributed by atoms with E-state index in [2.05, 4.69) is 5.32 Å². The highest BCUT2D eigenvalue weighted by Gasteiger charge is 2.20. The lowest BCUT2D eigenvalue weighted by Gasteiger charge is -2.09. The first-order valence-corrected chi connectivity index (χ1v) is 8.74. The van der Waals surface area contributed by atoms with Crippen LogP contribution in [0.15, 0.2) is 46.9 Å². The number of hydrogen-bond acceptors (Lipinski definition) is 5. The summed E-state index contributed by atoms with van der Waals surface area (Å²) in [5, 5.41) is 3.18. The Morgan fingerprint density at radius 3 is 2.75 bits per heavy atom. The molecule has 3 rings (SSSR count). The summed E-state index contributed by atoms with van der Waals surface area (Å²) in [5.74, 6) is -0.912. The molecule has 3 aromatic rings. The molecule has 0 saturated carbocycles. The van der Waals surface area contributed by atoms with Crippen LogP contribution in [0.5, 0.6) is 5.75 Å². The molecule has 0 atom stereocenters. The first-order valence-electron chi connectivity index (χ1n) is 8.74. The van der Waals surface area contributed by atoms with Crippen LogP contribution in [0, 0.1) is 12.7 Å². The molecule has 6 nitrogen and oxygen atoms in total. The van der Waals surface area contributed by atoms with Crippen molar-refractivity contribution in [1.82, 2.24) is 5.32 Å². The third kappa shape index (κ3) is 4.31. The van der Waals surface area contributed by atoms with Gasteiger partial charge in [-0.15, -0.1) is 0 Å². The Balaban J connectivity index is 1.52. The van der Waals surface area contributed by atoms with Crippen LogP contribution >= 0.6 is 0 Å². The van der Waals surface area contributed by atoms with Gasteiger partial charge in [0.1, 0.15) is 17.1 Å². The van der Waals surface area contributed by atoms with Gasteiger partial charge in [0.2, 0.25) is 5.76 Å². The van der Waals surface area contributed by atoms with E-state index >= 15 is 0 Å². The number of halogens is 1. The SMILES string of the molecule is COc1ccccc1CCNC(=O)COC(=O)c1oc2ccc(F)cc2c1C. The molecule has 7 heteroatoms. The fourth-order valence-corrected chi connectivity index (χ4v) is 2.88. The summed E-state index contributed by atoms with van der Waals surface area (Å²) in [6.07, 6.45) is 0.581. The minimum atomic E-state index is -0.769. The summed E-state index contributed by atoms with van der Waals surface area (Å²) >= 11 is 0. The smallest absolute Gasteiger partial charge is 0.375 e. The summed E-state index contributed by atoms with van der Waals surface area (Å²) in [7, 11) is 1.59. The highest BCUT2D eigenvalue weighted by molar-refractivity contribution is 5.96. The zero-order valence-electron chi connectivity index (χ0n) is 15.6. The number of aryl methyl sites for hydroxylation is 1. The minimum Gasteiger partial charge on any atom is -0.496 e. The van der Waals surface area contributed by atoms with Gasteiger partial charge in [-0.3, -0.25) is 4.79 Å². The molecule has 0 spiro atoms. The molecule has 0 saturated heterocycles. The molecule has 0 aliphatic rings. The number of methoxy groups -OCH3 is 1. The Bertz CT molecular complexity index is 1010. The number of carbonyl (C=O) groups is 2. The van der Waals surface area contributed by atoms with Crippen molar-refractivity contribution in [3.8, 4) is 5.75 Å². The quantitative estimate of drug-likeness (QED) is 0.631. The van der Waals surface area contributed by atoms with E-state index in [9.17, 15) is 14.0 Å². The van der Waals surface area contributed by atoms with Gasteiger partial charge in [-0.05, 0) is 43.2 Å². The topological polar surface area (TPSA) is 77.8 Å². The lowest BCUT2D eigenvalue weighted by atomic mass is 10.1. The number of benzene rings is 2. The Morgan fingerprint density at radius 1 is 1.18 bits per heavy atom. The molecule has 0 bridgehead atoms. The number of esters is 1. The van der Waals surface area contributed by atoms with Crippen molar-refractivity contribution in [2.45, 2.75) is 13.3 Å². The number of rotatable bonds is 7. The maximum atomic E-state index is 13.4. The predicted octanol–water partition coefficient (Wildman–Crippen LogP) is 3.40. The van der Waals surface area contributed by atoms with E-state index in [0.29, 0.717) is 29.5 Å². The highest BCUT2D eigenvalue weighted by Crippen LogP contribution is 2.26. The predicted molar refractivity (Wildman–Crippen MR) is 101 cm³/mol. The van der Waals surface area contributed by atoms with Crippen LogP contribution in [-0.2, 0) is 16.0 Å². The monoisotopic (exact) mass is 385 g/mol. The van der Waals surface area contributed by atoms with Crippen molar-refractivity contribution in [3.63, 3.8) is 0 Å². The van der Waals surface area contributed by atoms with Gasteiger partial charge in [-0.1, -0.05) is 18.2 Å². The number of amides is 1. The number of carbonyl (C=O) groups excluding carboxylic acids is 2. The lowest BCUT2D eigenvalue weighted by molar-refractivity contribution is -0.124. The van der Waals surface area contributed by atoms with Crippen molar-refractivity contribution in [1.29, 1.82) is 0 Å². The second kappa shape index (κ2) is 8.56. The van der Waals surface area contributed by atoms with Gasteiger partial charge in [-0.2, -0.15) is 0 Å². The number of para-hydroxylation sites is 1. The molecule has 1 aromatic heterocycles. The molecule has 146 valence electrons.